The van der Waals surface area contributed by atoms with Gasteiger partial charge in [0.2, 0.25) is 0 Å². The molecule has 0 atom stereocenters. The van der Waals surface area contributed by atoms with E-state index in [1.165, 1.54) is 7.11 Å². The third kappa shape index (κ3) is 3.82. The first-order valence-corrected chi connectivity index (χ1v) is 1.43. The molecule has 1 radical (unpaired) electrons. The lowest BCUT2D eigenvalue weighted by molar-refractivity contribution is 0.123. The fourth-order valence-corrected chi connectivity index (χ4v) is 0.109. The Morgan fingerprint density at radius 2 is 2.17 bits per heavy atom. The van der Waals surface area contributed by atoms with Gasteiger partial charge in [-0.15, -0.1) is 0 Å². The van der Waals surface area contributed by atoms with Gasteiger partial charge in [-0.05, 0) is 0 Å². The second kappa shape index (κ2) is 3.03. The maximum absolute atomic E-state index is 10.8. The van der Waals surface area contributed by atoms with E-state index in [2.05, 4.69) is 4.74 Å². The maximum Gasteiger partial charge on any atom is 0.335 e. The van der Waals surface area contributed by atoms with Crippen LogP contribution < -0.4 is 0 Å². The van der Waals surface area contributed by atoms with Crippen LogP contribution in [-0.4, -0.2) is 13.7 Å². The van der Waals surface area contributed by atoms with Crippen molar-refractivity contribution in [3.63, 3.8) is 0 Å². The van der Waals surface area contributed by atoms with E-state index in [-0.39, 0.29) is 0 Å². The van der Waals surface area contributed by atoms with E-state index in [4.69, 9.17) is 0 Å². The van der Waals surface area contributed by atoms with Crippen LogP contribution in [0.25, 0.3) is 0 Å². The summed E-state index contributed by atoms with van der Waals surface area (Å²) >= 11 is 0. The molecule has 0 aliphatic heterocycles. The summed E-state index contributed by atoms with van der Waals surface area (Å²) in [5.41, 5.74) is 0. The predicted molar refractivity (Wildman–Crippen MR) is 17.3 cm³/mol. The topological polar surface area (TPSA) is 9.23 Å². The largest absolute Gasteiger partial charge is 0.378 e. The smallest absolute Gasteiger partial charge is 0.335 e. The van der Waals surface area contributed by atoms with Crippen LogP contribution in [0.5, 0.6) is 0 Å². The monoisotopic (exact) mass is 95.0 g/mol. The lowest BCUT2D eigenvalue weighted by Crippen LogP contribution is -1.90. The van der Waals surface area contributed by atoms with Gasteiger partial charge in [0.25, 0.3) is 0 Å². The van der Waals surface area contributed by atoms with Gasteiger partial charge in [-0.1, -0.05) is 0 Å². The van der Waals surface area contributed by atoms with E-state index in [9.17, 15) is 8.78 Å². The molecular formula is C3H5F2O. The van der Waals surface area contributed by atoms with Gasteiger partial charge in [-0.2, -0.15) is 8.78 Å². The molecule has 0 N–H and O–H groups in total. The van der Waals surface area contributed by atoms with Crippen LogP contribution in [0.2, 0.25) is 0 Å². The molecule has 0 unspecified atom stereocenters. The summed E-state index contributed by atoms with van der Waals surface area (Å²) in [6, 6.07) is 0. The SMILES string of the molecule is COC[C](F)F. The Morgan fingerprint density at radius 3 is 2.17 bits per heavy atom. The first-order chi connectivity index (χ1) is 2.77. The standard InChI is InChI=1S/C3H5F2O/c1-6-2-3(4)5/h2H2,1H3. The van der Waals surface area contributed by atoms with Gasteiger partial charge >= 0.3 is 6.43 Å². The molecule has 0 aromatic carbocycles. The minimum absolute atomic E-state index is 0.542. The predicted octanol–water partition coefficient (Wildman–Crippen LogP) is 1.06. The zero-order chi connectivity index (χ0) is 4.99. The third-order valence-electron chi connectivity index (χ3n) is 0.253. The molecule has 0 aliphatic rings. The molecule has 1 nitrogen and oxygen atoms in total. The summed E-state index contributed by atoms with van der Waals surface area (Å²) in [5, 5.41) is 0. The Balaban J connectivity index is 2.63. The lowest BCUT2D eigenvalue weighted by atomic mass is 10.8. The van der Waals surface area contributed by atoms with Crippen molar-refractivity contribution in [2.45, 2.75) is 0 Å². The van der Waals surface area contributed by atoms with Crippen LogP contribution >= 0.6 is 0 Å². The average Bonchev–Trinajstić information content (AvgIpc) is 1.35. The molecule has 6 heavy (non-hydrogen) atoms. The van der Waals surface area contributed by atoms with Crippen LogP contribution in [0.15, 0.2) is 0 Å². The molecule has 0 heterocycles. The molecule has 3 heteroatoms. The van der Waals surface area contributed by atoms with Gasteiger partial charge in [0.05, 0.1) is 0 Å². The number of ether oxygens (including phenoxy) is 1. The zero-order valence-corrected chi connectivity index (χ0v) is 3.37. The fraction of sp³-hybridized carbons (Fsp3) is 0.667. The van der Waals surface area contributed by atoms with Crippen molar-refractivity contribution >= 4 is 0 Å². The lowest BCUT2D eigenvalue weighted by Gasteiger charge is -1.88. The first-order valence-electron chi connectivity index (χ1n) is 1.43. The number of hydrogen-bond donors (Lipinski definition) is 0. The summed E-state index contributed by atoms with van der Waals surface area (Å²) in [5.74, 6) is 0. The summed E-state index contributed by atoms with van der Waals surface area (Å²) < 4.78 is 25.7. The number of methoxy groups -OCH3 is 1. The maximum atomic E-state index is 10.8. The highest BCUT2D eigenvalue weighted by molar-refractivity contribution is 4.53. The van der Waals surface area contributed by atoms with Gasteiger partial charge in [-0.3, -0.25) is 0 Å². The van der Waals surface area contributed by atoms with E-state index in [1.54, 1.807) is 0 Å². The summed E-state index contributed by atoms with van der Waals surface area (Å²) in [4.78, 5) is 0. The molecule has 0 saturated heterocycles. The summed E-state index contributed by atoms with van der Waals surface area (Å²) in [6.45, 7) is -0.542. The molecule has 0 bridgehead atoms. The summed E-state index contributed by atoms with van der Waals surface area (Å²) in [7, 11) is 1.22. The van der Waals surface area contributed by atoms with Crippen LogP contribution in [-0.2, 0) is 4.74 Å². The van der Waals surface area contributed by atoms with Crippen molar-refractivity contribution < 1.29 is 13.5 Å². The van der Waals surface area contributed by atoms with Crippen molar-refractivity contribution in [3.8, 4) is 0 Å². The molecular weight excluding hydrogens is 90.0 g/mol. The Hall–Kier alpha value is -0.180. The molecule has 0 aromatic rings. The van der Waals surface area contributed by atoms with Crippen molar-refractivity contribution in [2.75, 3.05) is 13.7 Å². The molecule has 0 aromatic heterocycles. The highest BCUT2D eigenvalue weighted by Crippen LogP contribution is 1.99. The second-order valence-electron chi connectivity index (χ2n) is 0.772. The van der Waals surface area contributed by atoms with E-state index in [1.807, 2.05) is 0 Å². The summed E-state index contributed by atoms with van der Waals surface area (Å²) in [6.07, 6.45) is -1.68. The fourth-order valence-electron chi connectivity index (χ4n) is 0.109. The number of rotatable bonds is 2. The van der Waals surface area contributed by atoms with Gasteiger partial charge < -0.3 is 4.74 Å². The molecule has 0 aliphatic carbocycles. The van der Waals surface area contributed by atoms with Crippen molar-refractivity contribution in [1.29, 1.82) is 0 Å². The highest BCUT2D eigenvalue weighted by Gasteiger charge is 2.00. The quantitative estimate of drug-likeness (QED) is 0.498. The minimum Gasteiger partial charge on any atom is -0.378 e. The van der Waals surface area contributed by atoms with Crippen LogP contribution in [0, 0.1) is 6.43 Å². The van der Waals surface area contributed by atoms with E-state index >= 15 is 0 Å². The van der Waals surface area contributed by atoms with Gasteiger partial charge in [0, 0.05) is 7.11 Å². The van der Waals surface area contributed by atoms with Crippen LogP contribution in [0.4, 0.5) is 8.78 Å². The molecule has 0 fully saturated rings. The number of hydrogen-bond acceptors (Lipinski definition) is 1. The molecule has 0 amide bonds. The Kier molecular flexibility index (Phi) is 2.94. The van der Waals surface area contributed by atoms with Crippen LogP contribution in [0.3, 0.4) is 0 Å². The molecule has 0 rings (SSSR count). The normalized spacial score (nSPS) is 10.0. The zero-order valence-electron chi connectivity index (χ0n) is 3.37. The van der Waals surface area contributed by atoms with Gasteiger partial charge in [0.1, 0.15) is 6.61 Å². The highest BCUT2D eigenvalue weighted by atomic mass is 19.3. The Morgan fingerprint density at radius 1 is 1.67 bits per heavy atom. The van der Waals surface area contributed by atoms with Crippen molar-refractivity contribution in [1.82, 2.24) is 0 Å². The average molecular weight is 95.1 g/mol. The Labute approximate surface area is 34.9 Å². The van der Waals surface area contributed by atoms with Crippen molar-refractivity contribution in [2.24, 2.45) is 0 Å². The number of halogens is 2. The Bertz CT molecular complexity index is 30.0. The molecule has 37 valence electrons. The van der Waals surface area contributed by atoms with Gasteiger partial charge in [0.15, 0.2) is 0 Å². The van der Waals surface area contributed by atoms with E-state index < -0.39 is 13.0 Å². The molecule has 0 spiro atoms. The van der Waals surface area contributed by atoms with E-state index in [0.29, 0.717) is 0 Å². The minimum atomic E-state index is -1.68. The van der Waals surface area contributed by atoms with Gasteiger partial charge in [-0.25, -0.2) is 0 Å². The molecule has 0 saturated carbocycles. The first kappa shape index (κ1) is 5.82. The van der Waals surface area contributed by atoms with Crippen molar-refractivity contribution in [3.05, 3.63) is 6.43 Å². The third-order valence-corrected chi connectivity index (χ3v) is 0.253. The van der Waals surface area contributed by atoms with Crippen LogP contribution in [0.1, 0.15) is 0 Å². The van der Waals surface area contributed by atoms with E-state index in [0.717, 1.165) is 0 Å². The second-order valence-corrected chi connectivity index (χ2v) is 0.772.